The number of amides is 2. The van der Waals surface area contributed by atoms with Crippen molar-refractivity contribution in [2.24, 2.45) is 5.92 Å². The molecule has 0 aromatic heterocycles. The minimum Gasteiger partial charge on any atom is -0.356 e. The molecule has 0 radical (unpaired) electrons. The highest BCUT2D eigenvalue weighted by Gasteiger charge is 2.37. The van der Waals surface area contributed by atoms with Crippen LogP contribution in [0.15, 0.2) is 34.7 Å². The van der Waals surface area contributed by atoms with Crippen molar-refractivity contribution in [1.82, 2.24) is 5.32 Å². The number of carbonyl (C=O) groups excluding carboxylic acids is 2. The van der Waals surface area contributed by atoms with Gasteiger partial charge in [-0.1, -0.05) is 11.6 Å². The number of rotatable bonds is 8. The molecule has 1 atom stereocenters. The predicted octanol–water partition coefficient (Wildman–Crippen LogP) is 3.54. The van der Waals surface area contributed by atoms with Crippen molar-refractivity contribution < 1.29 is 18.0 Å². The summed E-state index contributed by atoms with van der Waals surface area (Å²) in [6.07, 6.45) is 10.3. The summed E-state index contributed by atoms with van der Waals surface area (Å²) in [4.78, 5) is 26.8. The maximum absolute atomic E-state index is 13.1. The number of hydrogen-bond acceptors (Lipinski definition) is 4. The maximum atomic E-state index is 13.1. The van der Waals surface area contributed by atoms with Crippen molar-refractivity contribution in [1.29, 1.82) is 0 Å². The molecule has 1 saturated carbocycles. The minimum absolute atomic E-state index is 0.0508. The Kier molecular flexibility index (Phi) is 6.51. The first kappa shape index (κ1) is 22.1. The van der Waals surface area contributed by atoms with Crippen LogP contribution in [0.4, 0.5) is 5.69 Å². The SMILES string of the molecule is C[C@H](CC(=O)NCCC1=CCCCC1)S(=O)(=O)c1ccc2c(c1)CCN2C(=O)C1CC1. The highest BCUT2D eigenvalue weighted by Crippen LogP contribution is 2.37. The van der Waals surface area contributed by atoms with E-state index in [2.05, 4.69) is 11.4 Å². The normalized spacial score (nSPS) is 19.5. The molecule has 1 aliphatic heterocycles. The van der Waals surface area contributed by atoms with E-state index >= 15 is 0 Å². The third-order valence-electron chi connectivity index (χ3n) is 6.62. The molecule has 1 aromatic rings. The van der Waals surface area contributed by atoms with E-state index in [0.29, 0.717) is 19.5 Å². The predicted molar refractivity (Wildman–Crippen MR) is 121 cm³/mol. The van der Waals surface area contributed by atoms with Crippen molar-refractivity contribution in [3.05, 3.63) is 35.4 Å². The zero-order valence-electron chi connectivity index (χ0n) is 18.2. The molecule has 1 aromatic carbocycles. The van der Waals surface area contributed by atoms with Gasteiger partial charge in [0.25, 0.3) is 0 Å². The first-order chi connectivity index (χ1) is 14.9. The third kappa shape index (κ3) is 5.03. The van der Waals surface area contributed by atoms with E-state index in [1.54, 1.807) is 30.0 Å². The van der Waals surface area contributed by atoms with Gasteiger partial charge < -0.3 is 10.2 Å². The van der Waals surface area contributed by atoms with E-state index in [0.717, 1.165) is 43.4 Å². The number of anilines is 1. The van der Waals surface area contributed by atoms with Crippen LogP contribution in [0.25, 0.3) is 0 Å². The Labute approximate surface area is 185 Å². The number of hydrogen-bond donors (Lipinski definition) is 1. The highest BCUT2D eigenvalue weighted by molar-refractivity contribution is 7.92. The molecule has 1 fully saturated rings. The summed E-state index contributed by atoms with van der Waals surface area (Å²) in [5.41, 5.74) is 3.12. The molecule has 4 rings (SSSR count). The molecule has 0 unspecified atom stereocenters. The smallest absolute Gasteiger partial charge is 0.230 e. The lowest BCUT2D eigenvalue weighted by molar-refractivity contribution is -0.121. The van der Waals surface area contributed by atoms with Crippen LogP contribution in [0.5, 0.6) is 0 Å². The standard InChI is InChI=1S/C24H32N2O4S/c1-17(15-23(27)25-13-11-18-5-3-2-4-6-18)31(29,30)21-9-10-22-20(16-21)12-14-26(22)24(28)19-7-8-19/h5,9-10,16-17,19H,2-4,6-8,11-15H2,1H3,(H,25,27)/t17-/m1/s1. The Morgan fingerprint density at radius 2 is 2.00 bits per heavy atom. The molecule has 3 aliphatic rings. The number of allylic oxidation sites excluding steroid dienone is 1. The van der Waals surface area contributed by atoms with Crippen molar-refractivity contribution in [2.45, 2.75) is 74.9 Å². The fourth-order valence-electron chi connectivity index (χ4n) is 4.50. The van der Waals surface area contributed by atoms with Crippen molar-refractivity contribution >= 4 is 27.3 Å². The summed E-state index contributed by atoms with van der Waals surface area (Å²) < 4.78 is 26.1. The molecule has 168 valence electrons. The summed E-state index contributed by atoms with van der Waals surface area (Å²) in [6, 6.07) is 5.02. The minimum atomic E-state index is -3.62. The molecule has 6 nitrogen and oxygen atoms in total. The molecule has 1 heterocycles. The quantitative estimate of drug-likeness (QED) is 0.622. The number of nitrogens with one attached hydrogen (secondary N) is 1. The Bertz CT molecular complexity index is 995. The van der Waals surface area contributed by atoms with Gasteiger partial charge in [0.15, 0.2) is 9.84 Å². The lowest BCUT2D eigenvalue weighted by atomic mass is 9.97. The van der Waals surface area contributed by atoms with E-state index in [1.807, 2.05) is 0 Å². The fraction of sp³-hybridized carbons (Fsp3) is 0.583. The first-order valence-electron chi connectivity index (χ1n) is 11.5. The van der Waals surface area contributed by atoms with Gasteiger partial charge in [0.1, 0.15) is 0 Å². The number of nitrogens with zero attached hydrogens (tertiary/aromatic N) is 1. The summed E-state index contributed by atoms with van der Waals surface area (Å²) in [6.45, 7) is 2.76. The van der Waals surface area contributed by atoms with Crippen molar-refractivity contribution in [2.75, 3.05) is 18.0 Å². The van der Waals surface area contributed by atoms with Gasteiger partial charge in [-0.05, 0) is 82.1 Å². The highest BCUT2D eigenvalue weighted by atomic mass is 32.2. The number of fused-ring (bicyclic) bond motifs is 1. The molecule has 1 N–H and O–H groups in total. The van der Waals surface area contributed by atoms with Crippen LogP contribution in [0, 0.1) is 5.92 Å². The lowest BCUT2D eigenvalue weighted by Gasteiger charge is -2.18. The van der Waals surface area contributed by atoms with E-state index in [-0.39, 0.29) is 29.0 Å². The molecule has 0 spiro atoms. The van der Waals surface area contributed by atoms with Gasteiger partial charge in [0, 0.05) is 31.1 Å². The van der Waals surface area contributed by atoms with Gasteiger partial charge in [-0.25, -0.2) is 8.42 Å². The molecule has 2 amide bonds. The molecule has 0 saturated heterocycles. The topological polar surface area (TPSA) is 83.6 Å². The van der Waals surface area contributed by atoms with Crippen LogP contribution in [-0.4, -0.2) is 38.6 Å². The Hall–Kier alpha value is -2.15. The summed E-state index contributed by atoms with van der Waals surface area (Å²) in [5, 5.41) is 2.07. The molecule has 0 bridgehead atoms. The third-order valence-corrected chi connectivity index (χ3v) is 8.76. The van der Waals surface area contributed by atoms with E-state index in [9.17, 15) is 18.0 Å². The van der Waals surface area contributed by atoms with Crippen LogP contribution in [0.2, 0.25) is 0 Å². The average Bonchev–Trinajstić information content (AvgIpc) is 3.52. The van der Waals surface area contributed by atoms with Gasteiger partial charge in [-0.3, -0.25) is 9.59 Å². The Morgan fingerprint density at radius 3 is 2.71 bits per heavy atom. The number of benzene rings is 1. The van der Waals surface area contributed by atoms with Gasteiger partial charge in [0.2, 0.25) is 11.8 Å². The monoisotopic (exact) mass is 444 g/mol. The first-order valence-corrected chi connectivity index (χ1v) is 13.0. The second-order valence-electron chi connectivity index (χ2n) is 9.07. The van der Waals surface area contributed by atoms with Crippen LogP contribution in [-0.2, 0) is 25.8 Å². The second kappa shape index (κ2) is 9.15. The summed E-state index contributed by atoms with van der Waals surface area (Å²) in [7, 11) is -3.62. The van der Waals surface area contributed by atoms with Gasteiger partial charge >= 0.3 is 0 Å². The Morgan fingerprint density at radius 1 is 1.19 bits per heavy atom. The molecule has 31 heavy (non-hydrogen) atoms. The van der Waals surface area contributed by atoms with Gasteiger partial charge in [-0.15, -0.1) is 0 Å². The maximum Gasteiger partial charge on any atom is 0.230 e. The average molecular weight is 445 g/mol. The zero-order valence-corrected chi connectivity index (χ0v) is 19.0. The molecule has 2 aliphatic carbocycles. The zero-order chi connectivity index (χ0) is 22.0. The molecule has 7 heteroatoms. The molecular weight excluding hydrogens is 412 g/mol. The van der Waals surface area contributed by atoms with Gasteiger partial charge in [-0.2, -0.15) is 0 Å². The van der Waals surface area contributed by atoms with Crippen LogP contribution >= 0.6 is 0 Å². The van der Waals surface area contributed by atoms with Crippen molar-refractivity contribution in [3.63, 3.8) is 0 Å². The van der Waals surface area contributed by atoms with Crippen molar-refractivity contribution in [3.8, 4) is 0 Å². The summed E-state index contributed by atoms with van der Waals surface area (Å²) in [5.74, 6) is 0.0699. The van der Waals surface area contributed by atoms with Crippen LogP contribution in [0.1, 0.15) is 63.9 Å². The van der Waals surface area contributed by atoms with Gasteiger partial charge in [0.05, 0.1) is 10.1 Å². The van der Waals surface area contributed by atoms with Crippen LogP contribution < -0.4 is 10.2 Å². The molecular formula is C24H32N2O4S. The van der Waals surface area contributed by atoms with E-state index in [4.69, 9.17) is 0 Å². The number of carbonyl (C=O) groups is 2. The summed E-state index contributed by atoms with van der Waals surface area (Å²) >= 11 is 0. The van der Waals surface area contributed by atoms with E-state index in [1.165, 1.54) is 18.4 Å². The fourth-order valence-corrected chi connectivity index (χ4v) is 5.90. The van der Waals surface area contributed by atoms with E-state index < -0.39 is 15.1 Å². The second-order valence-corrected chi connectivity index (χ2v) is 11.4. The number of sulfone groups is 1. The lowest BCUT2D eigenvalue weighted by Crippen LogP contribution is -2.31. The Balaban J connectivity index is 1.34. The van der Waals surface area contributed by atoms with Crippen LogP contribution in [0.3, 0.4) is 0 Å². The largest absolute Gasteiger partial charge is 0.356 e.